The second kappa shape index (κ2) is 8.53. The van der Waals surface area contributed by atoms with Crippen LogP contribution in [0.1, 0.15) is 36.5 Å². The fourth-order valence-corrected chi connectivity index (χ4v) is 2.71. The molecule has 0 bridgehead atoms. The van der Waals surface area contributed by atoms with Crippen molar-refractivity contribution in [1.29, 1.82) is 0 Å². The van der Waals surface area contributed by atoms with Crippen molar-refractivity contribution < 1.29 is 9.59 Å². The van der Waals surface area contributed by atoms with Crippen LogP contribution in [0.3, 0.4) is 0 Å². The highest BCUT2D eigenvalue weighted by molar-refractivity contribution is 5.95. The maximum atomic E-state index is 12.2. The Bertz CT molecular complexity index is 539. The topological polar surface area (TPSA) is 87.5 Å². The first kappa shape index (κ1) is 17.3. The maximum Gasteiger partial charge on any atom is 0.251 e. The SMILES string of the molecule is CCCNC(=O)CN1CCC(NC(=O)c2cccc(N)c2)CC1. The van der Waals surface area contributed by atoms with Crippen molar-refractivity contribution in [2.24, 2.45) is 0 Å². The van der Waals surface area contributed by atoms with Crippen molar-refractivity contribution in [3.05, 3.63) is 29.8 Å². The molecular formula is C17H26N4O2. The van der Waals surface area contributed by atoms with Gasteiger partial charge in [-0.2, -0.15) is 0 Å². The van der Waals surface area contributed by atoms with Crippen LogP contribution in [0, 0.1) is 0 Å². The van der Waals surface area contributed by atoms with Crippen molar-refractivity contribution in [3.63, 3.8) is 0 Å². The summed E-state index contributed by atoms with van der Waals surface area (Å²) in [7, 11) is 0. The van der Waals surface area contributed by atoms with Crippen LogP contribution in [0.4, 0.5) is 5.69 Å². The number of hydrogen-bond acceptors (Lipinski definition) is 4. The molecule has 1 heterocycles. The second-order valence-electron chi connectivity index (χ2n) is 6.00. The summed E-state index contributed by atoms with van der Waals surface area (Å²) in [5, 5.41) is 5.94. The minimum absolute atomic E-state index is 0.0779. The molecule has 0 aliphatic carbocycles. The average Bonchev–Trinajstić information content (AvgIpc) is 2.54. The standard InChI is InChI=1S/C17H26N4O2/c1-2-8-19-16(22)12-21-9-6-15(7-10-21)20-17(23)13-4-3-5-14(18)11-13/h3-5,11,15H,2,6-10,12,18H2,1H3,(H,19,22)(H,20,23). The molecule has 23 heavy (non-hydrogen) atoms. The number of nitrogens with one attached hydrogen (secondary N) is 2. The summed E-state index contributed by atoms with van der Waals surface area (Å²) in [5.41, 5.74) is 6.88. The van der Waals surface area contributed by atoms with Crippen molar-refractivity contribution >= 4 is 17.5 Å². The molecule has 0 atom stereocenters. The third-order valence-electron chi connectivity index (χ3n) is 4.01. The summed E-state index contributed by atoms with van der Waals surface area (Å²) in [6, 6.07) is 7.14. The van der Waals surface area contributed by atoms with Gasteiger partial charge in [0.1, 0.15) is 0 Å². The molecule has 2 amide bonds. The van der Waals surface area contributed by atoms with E-state index in [1.807, 2.05) is 6.92 Å². The predicted molar refractivity (Wildman–Crippen MR) is 91.1 cm³/mol. The van der Waals surface area contributed by atoms with Crippen molar-refractivity contribution in [2.45, 2.75) is 32.2 Å². The Balaban J connectivity index is 1.74. The lowest BCUT2D eigenvalue weighted by Gasteiger charge is -2.31. The molecule has 6 heteroatoms. The Morgan fingerprint density at radius 1 is 1.30 bits per heavy atom. The van der Waals surface area contributed by atoms with Gasteiger partial charge in [-0.3, -0.25) is 14.5 Å². The lowest BCUT2D eigenvalue weighted by Crippen LogP contribution is -2.47. The van der Waals surface area contributed by atoms with E-state index in [9.17, 15) is 9.59 Å². The summed E-state index contributed by atoms with van der Waals surface area (Å²) < 4.78 is 0. The number of carbonyl (C=O) groups excluding carboxylic acids is 2. The van der Waals surface area contributed by atoms with Gasteiger partial charge in [0.25, 0.3) is 5.91 Å². The number of carbonyl (C=O) groups is 2. The third kappa shape index (κ3) is 5.56. The highest BCUT2D eigenvalue weighted by Gasteiger charge is 2.22. The van der Waals surface area contributed by atoms with Gasteiger partial charge in [0.2, 0.25) is 5.91 Å². The van der Waals surface area contributed by atoms with Crippen LogP contribution in [0.25, 0.3) is 0 Å². The van der Waals surface area contributed by atoms with E-state index in [0.29, 0.717) is 17.8 Å². The fourth-order valence-electron chi connectivity index (χ4n) is 2.71. The smallest absolute Gasteiger partial charge is 0.251 e. The molecule has 1 aliphatic rings. The average molecular weight is 318 g/mol. The lowest BCUT2D eigenvalue weighted by atomic mass is 10.0. The number of nitrogens with two attached hydrogens (primary N) is 1. The second-order valence-corrected chi connectivity index (χ2v) is 6.00. The quantitative estimate of drug-likeness (QED) is 0.683. The van der Waals surface area contributed by atoms with E-state index < -0.39 is 0 Å². The third-order valence-corrected chi connectivity index (χ3v) is 4.01. The van der Waals surface area contributed by atoms with E-state index >= 15 is 0 Å². The number of nitrogens with zero attached hydrogens (tertiary/aromatic N) is 1. The highest BCUT2D eigenvalue weighted by atomic mass is 16.2. The van der Waals surface area contributed by atoms with Gasteiger partial charge in [0.15, 0.2) is 0 Å². The Labute approximate surface area is 137 Å². The van der Waals surface area contributed by atoms with E-state index in [1.54, 1.807) is 24.3 Å². The summed E-state index contributed by atoms with van der Waals surface area (Å²) in [6.45, 7) is 4.85. The molecule has 0 aromatic heterocycles. The molecule has 2 rings (SSSR count). The molecule has 126 valence electrons. The normalized spacial score (nSPS) is 16.0. The fraction of sp³-hybridized carbons (Fsp3) is 0.529. The van der Waals surface area contributed by atoms with Gasteiger partial charge in [-0.1, -0.05) is 13.0 Å². The first-order valence-corrected chi connectivity index (χ1v) is 8.24. The van der Waals surface area contributed by atoms with Crippen LogP contribution >= 0.6 is 0 Å². The van der Waals surface area contributed by atoms with Crippen LogP contribution in [0.2, 0.25) is 0 Å². The first-order chi connectivity index (χ1) is 11.1. The minimum atomic E-state index is -0.0866. The van der Waals surface area contributed by atoms with Crippen LogP contribution in [-0.2, 0) is 4.79 Å². The summed E-state index contributed by atoms with van der Waals surface area (Å²) in [4.78, 5) is 26.0. The van der Waals surface area contributed by atoms with E-state index in [0.717, 1.165) is 38.9 Å². The molecule has 0 radical (unpaired) electrons. The molecule has 0 saturated carbocycles. The molecule has 6 nitrogen and oxygen atoms in total. The number of amides is 2. The number of rotatable bonds is 6. The van der Waals surface area contributed by atoms with Gasteiger partial charge >= 0.3 is 0 Å². The van der Waals surface area contributed by atoms with Gasteiger partial charge < -0.3 is 16.4 Å². The number of hydrogen-bond donors (Lipinski definition) is 3. The zero-order chi connectivity index (χ0) is 16.7. The Morgan fingerprint density at radius 3 is 2.70 bits per heavy atom. The molecular weight excluding hydrogens is 292 g/mol. The Kier molecular flexibility index (Phi) is 6.40. The monoisotopic (exact) mass is 318 g/mol. The molecule has 1 aromatic rings. The molecule has 1 fully saturated rings. The van der Waals surface area contributed by atoms with Crippen molar-refractivity contribution in [3.8, 4) is 0 Å². The van der Waals surface area contributed by atoms with E-state index in [1.165, 1.54) is 0 Å². The Morgan fingerprint density at radius 2 is 2.04 bits per heavy atom. The summed E-state index contributed by atoms with van der Waals surface area (Å²) >= 11 is 0. The first-order valence-electron chi connectivity index (χ1n) is 8.24. The van der Waals surface area contributed by atoms with Gasteiger partial charge in [0, 0.05) is 36.9 Å². The van der Waals surface area contributed by atoms with Crippen LogP contribution in [0.15, 0.2) is 24.3 Å². The number of nitrogen functional groups attached to an aromatic ring is 1. The largest absolute Gasteiger partial charge is 0.399 e. The summed E-state index contributed by atoms with van der Waals surface area (Å²) in [5.74, 6) is -0.00876. The van der Waals surface area contributed by atoms with Gasteiger partial charge in [-0.05, 0) is 37.5 Å². The number of anilines is 1. The van der Waals surface area contributed by atoms with E-state index in [4.69, 9.17) is 5.73 Å². The molecule has 1 aliphatic heterocycles. The van der Waals surface area contributed by atoms with Crippen LogP contribution in [-0.4, -0.2) is 48.9 Å². The highest BCUT2D eigenvalue weighted by Crippen LogP contribution is 2.12. The maximum absolute atomic E-state index is 12.2. The number of piperidine rings is 1. The van der Waals surface area contributed by atoms with Crippen molar-refractivity contribution in [1.82, 2.24) is 15.5 Å². The molecule has 1 saturated heterocycles. The zero-order valence-corrected chi connectivity index (χ0v) is 13.7. The number of likely N-dealkylation sites (tertiary alicyclic amines) is 1. The van der Waals surface area contributed by atoms with Crippen LogP contribution in [0.5, 0.6) is 0 Å². The Hall–Kier alpha value is -2.08. The number of benzene rings is 1. The van der Waals surface area contributed by atoms with Gasteiger partial charge in [-0.25, -0.2) is 0 Å². The molecule has 0 spiro atoms. The molecule has 0 unspecified atom stereocenters. The van der Waals surface area contributed by atoms with E-state index in [2.05, 4.69) is 15.5 Å². The molecule has 1 aromatic carbocycles. The lowest BCUT2D eigenvalue weighted by molar-refractivity contribution is -0.122. The summed E-state index contributed by atoms with van der Waals surface area (Å²) in [6.07, 6.45) is 2.66. The molecule has 4 N–H and O–H groups in total. The van der Waals surface area contributed by atoms with Gasteiger partial charge in [0.05, 0.1) is 6.54 Å². The van der Waals surface area contributed by atoms with Gasteiger partial charge in [-0.15, -0.1) is 0 Å². The van der Waals surface area contributed by atoms with E-state index in [-0.39, 0.29) is 17.9 Å². The van der Waals surface area contributed by atoms with Crippen LogP contribution < -0.4 is 16.4 Å². The minimum Gasteiger partial charge on any atom is -0.399 e. The predicted octanol–water partition coefficient (Wildman–Crippen LogP) is 0.989. The zero-order valence-electron chi connectivity index (χ0n) is 13.7. The van der Waals surface area contributed by atoms with Crippen molar-refractivity contribution in [2.75, 3.05) is 31.9 Å².